The van der Waals surface area contributed by atoms with Crippen LogP contribution in [0.2, 0.25) is 0 Å². The quantitative estimate of drug-likeness (QED) is 0.232. The fraction of sp³-hybridized carbons (Fsp3) is 0.375. The molecule has 5 rings (SSSR count). The van der Waals surface area contributed by atoms with Crippen LogP contribution in [0.1, 0.15) is 77.5 Å². The summed E-state index contributed by atoms with van der Waals surface area (Å²) in [6, 6.07) is 17.3. The Bertz CT molecular complexity index is 1530. The number of likely N-dealkylation sites (tertiary alicyclic amines) is 1. The van der Waals surface area contributed by atoms with Gasteiger partial charge in [-0.2, -0.15) is 4.39 Å². The molecule has 210 valence electrons. The number of halogens is 1. The van der Waals surface area contributed by atoms with Gasteiger partial charge in [-0.1, -0.05) is 24.3 Å². The molecule has 0 spiro atoms. The average Bonchev–Trinajstić information content (AvgIpc) is 3.57. The topological polar surface area (TPSA) is 60.8 Å². The van der Waals surface area contributed by atoms with E-state index in [9.17, 15) is 14.0 Å². The Morgan fingerprint density at radius 2 is 1.80 bits per heavy atom. The Morgan fingerprint density at radius 3 is 2.45 bits per heavy atom. The molecule has 2 aromatic carbocycles. The second-order valence-electron chi connectivity index (χ2n) is 11.4. The van der Waals surface area contributed by atoms with E-state index < -0.39 is 11.7 Å². The van der Waals surface area contributed by atoms with Crippen LogP contribution < -0.4 is 0 Å². The molecule has 0 bridgehead atoms. The summed E-state index contributed by atoms with van der Waals surface area (Å²) in [5.41, 5.74) is 4.00. The number of hydrogen-bond donors (Lipinski definition) is 0. The zero-order valence-corrected chi connectivity index (χ0v) is 24.4. The van der Waals surface area contributed by atoms with Gasteiger partial charge < -0.3 is 9.47 Å². The first-order valence-electron chi connectivity index (χ1n) is 13.5. The number of aromatic nitrogens is 1. The number of carbonyl (C=O) groups excluding carboxylic acids is 2. The number of piperidine rings is 1. The Labute approximate surface area is 238 Å². The third-order valence-corrected chi connectivity index (χ3v) is 8.57. The molecule has 0 saturated carbocycles. The molecule has 3 heterocycles. The molecule has 4 aromatic rings. The molecule has 6 nitrogen and oxygen atoms in total. The first-order chi connectivity index (χ1) is 19.0. The van der Waals surface area contributed by atoms with Crippen molar-refractivity contribution in [2.75, 3.05) is 13.7 Å². The molecule has 0 N–H and O–H groups in total. The molecule has 1 aliphatic rings. The SMILES string of the molecule is COC(=O)c1ccc(C2CC(c3ccc(F)s3)CCN2Cc2ccc(C)c3c2ccn3C(=O)OC(C)(C)C)cc1. The molecule has 0 radical (unpaired) electrons. The maximum atomic E-state index is 13.9. The van der Waals surface area contributed by atoms with Gasteiger partial charge in [-0.05, 0) is 100 Å². The molecule has 2 unspecified atom stereocenters. The van der Waals surface area contributed by atoms with Crippen molar-refractivity contribution in [3.8, 4) is 0 Å². The lowest BCUT2D eigenvalue weighted by molar-refractivity contribution is 0.0542. The van der Waals surface area contributed by atoms with Gasteiger partial charge in [0.25, 0.3) is 0 Å². The highest BCUT2D eigenvalue weighted by Crippen LogP contribution is 2.42. The van der Waals surface area contributed by atoms with E-state index in [4.69, 9.17) is 9.47 Å². The zero-order chi connectivity index (χ0) is 28.6. The molecular formula is C32H35FN2O4S. The van der Waals surface area contributed by atoms with Crippen molar-refractivity contribution < 1.29 is 23.5 Å². The largest absolute Gasteiger partial charge is 0.465 e. The predicted molar refractivity (Wildman–Crippen MR) is 155 cm³/mol. The van der Waals surface area contributed by atoms with Gasteiger partial charge in [-0.25, -0.2) is 9.59 Å². The second kappa shape index (κ2) is 11.2. The van der Waals surface area contributed by atoms with Crippen molar-refractivity contribution in [2.45, 2.75) is 64.6 Å². The van der Waals surface area contributed by atoms with Crippen LogP contribution in [0.15, 0.2) is 60.8 Å². The lowest BCUT2D eigenvalue weighted by atomic mass is 9.85. The fourth-order valence-corrected chi connectivity index (χ4v) is 6.50. The molecule has 2 aromatic heterocycles. The molecular weight excluding hydrogens is 527 g/mol. The summed E-state index contributed by atoms with van der Waals surface area (Å²) in [5, 5.41) is 0.862. The predicted octanol–water partition coefficient (Wildman–Crippen LogP) is 7.84. The monoisotopic (exact) mass is 562 g/mol. The minimum atomic E-state index is -0.592. The molecule has 8 heteroatoms. The lowest BCUT2D eigenvalue weighted by Crippen LogP contribution is -2.35. The molecule has 0 amide bonds. The standard InChI is InChI=1S/C32H35FN2O4S/c1-20-6-7-24(25-15-17-35(29(20)25)31(37)39-32(2,3)4)19-34-16-14-23(27-12-13-28(33)40-27)18-26(34)21-8-10-22(11-9-21)30(36)38-5/h6-13,15,17,23,26H,14,16,18-19H2,1-5H3. The Hall–Kier alpha value is -3.49. The van der Waals surface area contributed by atoms with Crippen molar-refractivity contribution in [1.29, 1.82) is 0 Å². The van der Waals surface area contributed by atoms with Crippen LogP contribution in [0.4, 0.5) is 9.18 Å². The average molecular weight is 563 g/mol. The Morgan fingerprint density at radius 1 is 1.05 bits per heavy atom. The van der Waals surface area contributed by atoms with Gasteiger partial charge in [0.2, 0.25) is 0 Å². The van der Waals surface area contributed by atoms with E-state index in [0.717, 1.165) is 51.9 Å². The van der Waals surface area contributed by atoms with Gasteiger partial charge >= 0.3 is 12.1 Å². The maximum Gasteiger partial charge on any atom is 0.418 e. The van der Waals surface area contributed by atoms with Crippen LogP contribution in [0.3, 0.4) is 0 Å². The number of nitrogens with zero attached hydrogens (tertiary/aromatic N) is 2. The number of hydrogen-bond acceptors (Lipinski definition) is 6. The molecule has 1 saturated heterocycles. The number of ether oxygens (including phenoxy) is 2. The van der Waals surface area contributed by atoms with Crippen LogP contribution >= 0.6 is 11.3 Å². The van der Waals surface area contributed by atoms with Crippen molar-refractivity contribution in [3.63, 3.8) is 0 Å². The van der Waals surface area contributed by atoms with Crippen LogP contribution in [-0.2, 0) is 16.0 Å². The number of fused-ring (bicyclic) bond motifs is 1. The van der Waals surface area contributed by atoms with Gasteiger partial charge in [0.05, 0.1) is 18.2 Å². The lowest BCUT2D eigenvalue weighted by Gasteiger charge is -2.40. The van der Waals surface area contributed by atoms with Crippen LogP contribution in [0.5, 0.6) is 0 Å². The fourth-order valence-electron chi connectivity index (χ4n) is 5.62. The normalized spacial score (nSPS) is 18.1. The molecule has 40 heavy (non-hydrogen) atoms. The first-order valence-corrected chi connectivity index (χ1v) is 14.4. The van der Waals surface area contributed by atoms with Gasteiger partial charge in [0.1, 0.15) is 5.60 Å². The molecule has 2 atom stereocenters. The van der Waals surface area contributed by atoms with E-state index in [2.05, 4.69) is 17.0 Å². The van der Waals surface area contributed by atoms with Crippen molar-refractivity contribution >= 4 is 34.3 Å². The van der Waals surface area contributed by atoms with E-state index in [-0.39, 0.29) is 23.1 Å². The third-order valence-electron chi connectivity index (χ3n) is 7.53. The van der Waals surface area contributed by atoms with Gasteiger partial charge in [0.15, 0.2) is 5.13 Å². The highest BCUT2D eigenvalue weighted by molar-refractivity contribution is 7.10. The van der Waals surface area contributed by atoms with E-state index in [1.165, 1.54) is 18.4 Å². The highest BCUT2D eigenvalue weighted by Gasteiger charge is 2.32. The number of aryl methyl sites for hydroxylation is 1. The first kappa shape index (κ1) is 28.1. The number of rotatable bonds is 5. The highest BCUT2D eigenvalue weighted by atomic mass is 32.1. The Kier molecular flexibility index (Phi) is 7.84. The molecule has 1 aliphatic heterocycles. The maximum absolute atomic E-state index is 13.9. The van der Waals surface area contributed by atoms with E-state index >= 15 is 0 Å². The summed E-state index contributed by atoms with van der Waals surface area (Å²) in [6.07, 6.45) is 3.15. The smallest absolute Gasteiger partial charge is 0.418 e. The summed E-state index contributed by atoms with van der Waals surface area (Å²) in [4.78, 5) is 28.5. The minimum Gasteiger partial charge on any atom is -0.465 e. The summed E-state index contributed by atoms with van der Waals surface area (Å²) >= 11 is 1.23. The van der Waals surface area contributed by atoms with E-state index in [1.807, 2.05) is 52.0 Å². The van der Waals surface area contributed by atoms with Crippen molar-refractivity contribution in [1.82, 2.24) is 9.47 Å². The number of esters is 1. The number of carbonyl (C=O) groups is 2. The number of benzene rings is 2. The minimum absolute atomic E-state index is 0.0694. The Balaban J connectivity index is 1.47. The summed E-state index contributed by atoms with van der Waals surface area (Å²) < 4.78 is 26.0. The third kappa shape index (κ3) is 5.83. The second-order valence-corrected chi connectivity index (χ2v) is 12.5. The summed E-state index contributed by atoms with van der Waals surface area (Å²) in [6.45, 7) is 9.10. The van der Waals surface area contributed by atoms with Crippen molar-refractivity contribution in [2.24, 2.45) is 0 Å². The summed E-state index contributed by atoms with van der Waals surface area (Å²) in [7, 11) is 1.38. The summed E-state index contributed by atoms with van der Waals surface area (Å²) in [5.74, 6) is -0.113. The zero-order valence-electron chi connectivity index (χ0n) is 23.6. The van der Waals surface area contributed by atoms with Crippen LogP contribution in [0, 0.1) is 12.1 Å². The number of thiophene rings is 1. The molecule has 1 fully saturated rings. The van der Waals surface area contributed by atoms with Gasteiger partial charge in [-0.3, -0.25) is 9.47 Å². The van der Waals surface area contributed by atoms with E-state index in [1.54, 1.807) is 29.0 Å². The van der Waals surface area contributed by atoms with E-state index in [0.29, 0.717) is 12.1 Å². The molecule has 0 aliphatic carbocycles. The van der Waals surface area contributed by atoms with Crippen LogP contribution in [0.25, 0.3) is 10.9 Å². The van der Waals surface area contributed by atoms with Gasteiger partial charge in [-0.15, -0.1) is 11.3 Å². The van der Waals surface area contributed by atoms with Crippen LogP contribution in [-0.4, -0.2) is 40.8 Å². The van der Waals surface area contributed by atoms with Gasteiger partial charge in [0, 0.05) is 29.0 Å². The number of methoxy groups -OCH3 is 1. The van der Waals surface area contributed by atoms with Crippen molar-refractivity contribution in [3.05, 3.63) is 93.1 Å².